The predicted octanol–water partition coefficient (Wildman–Crippen LogP) is 1.87. The standard InChI is InChI=1S/C13H24N2OS/c1-14-12-7-4-8-15(13(12)16)10-5-3-6-11(9-10)17-2/h10-12,14H,3-9H2,1-2H3. The van der Waals surface area contributed by atoms with E-state index >= 15 is 0 Å². The number of nitrogens with one attached hydrogen (secondary N) is 1. The second-order valence-corrected chi connectivity index (χ2v) is 6.33. The van der Waals surface area contributed by atoms with Crippen molar-refractivity contribution in [3.05, 3.63) is 0 Å². The van der Waals surface area contributed by atoms with Crippen LogP contribution in [0.25, 0.3) is 0 Å². The summed E-state index contributed by atoms with van der Waals surface area (Å²) in [6, 6.07) is 0.572. The highest BCUT2D eigenvalue weighted by molar-refractivity contribution is 7.99. The molecular weight excluding hydrogens is 232 g/mol. The van der Waals surface area contributed by atoms with Gasteiger partial charge in [0.25, 0.3) is 0 Å². The highest BCUT2D eigenvalue weighted by Gasteiger charge is 2.34. The molecule has 0 spiro atoms. The maximum atomic E-state index is 12.3. The molecule has 1 aliphatic carbocycles. The fourth-order valence-corrected chi connectivity index (χ4v) is 3.96. The van der Waals surface area contributed by atoms with Crippen molar-refractivity contribution < 1.29 is 4.79 Å². The molecule has 0 aromatic carbocycles. The second kappa shape index (κ2) is 6.10. The first-order valence-corrected chi connectivity index (χ1v) is 8.05. The molecule has 1 saturated carbocycles. The molecule has 2 rings (SSSR count). The van der Waals surface area contributed by atoms with E-state index in [0.717, 1.165) is 24.6 Å². The Morgan fingerprint density at radius 1 is 1.29 bits per heavy atom. The Bertz CT molecular complexity index is 272. The fraction of sp³-hybridized carbons (Fsp3) is 0.923. The van der Waals surface area contributed by atoms with Crippen LogP contribution in [0.1, 0.15) is 38.5 Å². The molecule has 1 N–H and O–H groups in total. The third kappa shape index (κ3) is 2.97. The van der Waals surface area contributed by atoms with Crippen LogP contribution in [0, 0.1) is 0 Å². The van der Waals surface area contributed by atoms with Gasteiger partial charge in [-0.3, -0.25) is 4.79 Å². The Labute approximate surface area is 109 Å². The Hall–Kier alpha value is -0.220. The van der Waals surface area contributed by atoms with Crippen molar-refractivity contribution in [3.8, 4) is 0 Å². The first kappa shape index (κ1) is 13.2. The molecule has 1 amide bonds. The Morgan fingerprint density at radius 2 is 2.12 bits per heavy atom. The van der Waals surface area contributed by atoms with Gasteiger partial charge in [-0.1, -0.05) is 6.42 Å². The minimum Gasteiger partial charge on any atom is -0.338 e. The van der Waals surface area contributed by atoms with Gasteiger partial charge in [0.2, 0.25) is 5.91 Å². The molecule has 0 radical (unpaired) electrons. The number of amides is 1. The molecule has 0 aromatic rings. The van der Waals surface area contributed by atoms with Gasteiger partial charge in [0.05, 0.1) is 6.04 Å². The average molecular weight is 256 g/mol. The minimum atomic E-state index is 0.0680. The number of hydrogen-bond donors (Lipinski definition) is 1. The summed E-state index contributed by atoms with van der Waals surface area (Å²) in [6.07, 6.45) is 9.37. The summed E-state index contributed by atoms with van der Waals surface area (Å²) in [5.41, 5.74) is 0. The van der Waals surface area contributed by atoms with Gasteiger partial charge in [-0.05, 0) is 45.4 Å². The van der Waals surface area contributed by atoms with Gasteiger partial charge in [0.15, 0.2) is 0 Å². The van der Waals surface area contributed by atoms with Gasteiger partial charge in [-0.25, -0.2) is 0 Å². The van der Waals surface area contributed by atoms with Crippen LogP contribution in [0.3, 0.4) is 0 Å². The highest BCUT2D eigenvalue weighted by atomic mass is 32.2. The minimum absolute atomic E-state index is 0.0680. The quantitative estimate of drug-likeness (QED) is 0.836. The summed E-state index contributed by atoms with van der Waals surface area (Å²) in [5, 5.41) is 3.91. The molecule has 3 nitrogen and oxygen atoms in total. The van der Waals surface area contributed by atoms with Crippen LogP contribution in [0.15, 0.2) is 0 Å². The molecule has 17 heavy (non-hydrogen) atoms. The summed E-state index contributed by atoms with van der Waals surface area (Å²) >= 11 is 1.97. The normalized spacial score (nSPS) is 35.1. The summed E-state index contributed by atoms with van der Waals surface area (Å²) in [6.45, 7) is 0.975. The molecule has 3 atom stereocenters. The van der Waals surface area contributed by atoms with Crippen molar-refractivity contribution in [2.75, 3.05) is 19.8 Å². The molecule has 2 fully saturated rings. The van der Waals surface area contributed by atoms with Crippen molar-refractivity contribution in [3.63, 3.8) is 0 Å². The van der Waals surface area contributed by atoms with Crippen molar-refractivity contribution >= 4 is 17.7 Å². The molecule has 1 aliphatic heterocycles. The molecule has 2 aliphatic rings. The van der Waals surface area contributed by atoms with Crippen molar-refractivity contribution in [1.82, 2.24) is 10.2 Å². The van der Waals surface area contributed by atoms with Gasteiger partial charge in [0.1, 0.15) is 0 Å². The summed E-state index contributed by atoms with van der Waals surface area (Å²) in [4.78, 5) is 14.5. The van der Waals surface area contributed by atoms with Crippen LogP contribution in [-0.4, -0.2) is 48.0 Å². The third-order valence-corrected chi connectivity index (χ3v) is 5.29. The number of rotatable bonds is 3. The van der Waals surface area contributed by atoms with Crippen LogP contribution in [0.5, 0.6) is 0 Å². The fourth-order valence-electron chi connectivity index (χ4n) is 3.15. The average Bonchev–Trinajstić information content (AvgIpc) is 2.39. The van der Waals surface area contributed by atoms with E-state index in [9.17, 15) is 4.79 Å². The number of hydrogen-bond acceptors (Lipinski definition) is 3. The lowest BCUT2D eigenvalue weighted by Crippen LogP contribution is -2.54. The van der Waals surface area contributed by atoms with E-state index in [1.165, 1.54) is 25.7 Å². The van der Waals surface area contributed by atoms with Gasteiger partial charge < -0.3 is 10.2 Å². The lowest BCUT2D eigenvalue weighted by atomic mass is 9.91. The lowest BCUT2D eigenvalue weighted by Gasteiger charge is -2.41. The zero-order valence-corrected chi connectivity index (χ0v) is 11.8. The van der Waals surface area contributed by atoms with Gasteiger partial charge in [-0.15, -0.1) is 0 Å². The maximum absolute atomic E-state index is 12.3. The summed E-state index contributed by atoms with van der Waals surface area (Å²) in [7, 11) is 1.90. The van der Waals surface area contributed by atoms with E-state index in [-0.39, 0.29) is 6.04 Å². The first-order valence-electron chi connectivity index (χ1n) is 6.76. The van der Waals surface area contributed by atoms with Crippen LogP contribution < -0.4 is 5.32 Å². The number of nitrogens with zero attached hydrogens (tertiary/aromatic N) is 1. The van der Waals surface area contributed by atoms with E-state index in [4.69, 9.17) is 0 Å². The lowest BCUT2D eigenvalue weighted by molar-refractivity contribution is -0.139. The molecule has 0 bridgehead atoms. The smallest absolute Gasteiger partial charge is 0.239 e. The van der Waals surface area contributed by atoms with Crippen molar-refractivity contribution in [2.24, 2.45) is 0 Å². The van der Waals surface area contributed by atoms with Crippen molar-refractivity contribution in [2.45, 2.75) is 55.9 Å². The molecular formula is C13H24N2OS. The molecule has 3 unspecified atom stereocenters. The third-order valence-electron chi connectivity index (χ3n) is 4.19. The molecule has 98 valence electrons. The van der Waals surface area contributed by atoms with Gasteiger partial charge in [-0.2, -0.15) is 11.8 Å². The van der Waals surface area contributed by atoms with Crippen LogP contribution >= 0.6 is 11.8 Å². The van der Waals surface area contributed by atoms with E-state index in [0.29, 0.717) is 11.9 Å². The van der Waals surface area contributed by atoms with E-state index in [1.54, 1.807) is 0 Å². The maximum Gasteiger partial charge on any atom is 0.239 e. The molecule has 4 heteroatoms. The topological polar surface area (TPSA) is 32.3 Å². The number of carbonyl (C=O) groups excluding carboxylic acids is 1. The Balaban J connectivity index is 1.98. The second-order valence-electron chi connectivity index (χ2n) is 5.19. The van der Waals surface area contributed by atoms with Crippen LogP contribution in [-0.2, 0) is 4.79 Å². The summed E-state index contributed by atoms with van der Waals surface area (Å²) < 4.78 is 0. The molecule has 1 heterocycles. The zero-order valence-electron chi connectivity index (χ0n) is 10.9. The van der Waals surface area contributed by atoms with E-state index in [1.807, 2.05) is 18.8 Å². The van der Waals surface area contributed by atoms with E-state index < -0.39 is 0 Å². The Kier molecular flexibility index (Phi) is 4.74. The number of piperidine rings is 1. The number of likely N-dealkylation sites (tertiary alicyclic amines) is 1. The molecule has 1 saturated heterocycles. The summed E-state index contributed by atoms with van der Waals surface area (Å²) in [5.74, 6) is 0.338. The zero-order chi connectivity index (χ0) is 12.3. The number of likely N-dealkylation sites (N-methyl/N-ethyl adjacent to an activating group) is 1. The highest BCUT2D eigenvalue weighted by Crippen LogP contribution is 2.31. The van der Waals surface area contributed by atoms with Crippen molar-refractivity contribution in [1.29, 1.82) is 0 Å². The SMILES string of the molecule is CNC1CCCN(C2CCCC(SC)C2)C1=O. The first-order chi connectivity index (χ1) is 8.26. The number of thioether (sulfide) groups is 1. The van der Waals surface area contributed by atoms with E-state index in [2.05, 4.69) is 16.5 Å². The molecule has 0 aromatic heterocycles. The predicted molar refractivity (Wildman–Crippen MR) is 73.4 cm³/mol. The Morgan fingerprint density at radius 3 is 2.82 bits per heavy atom. The number of carbonyl (C=O) groups is 1. The van der Waals surface area contributed by atoms with Gasteiger partial charge >= 0.3 is 0 Å². The monoisotopic (exact) mass is 256 g/mol. The van der Waals surface area contributed by atoms with Crippen LogP contribution in [0.4, 0.5) is 0 Å². The largest absolute Gasteiger partial charge is 0.338 e. The van der Waals surface area contributed by atoms with Crippen LogP contribution in [0.2, 0.25) is 0 Å². The van der Waals surface area contributed by atoms with Gasteiger partial charge in [0, 0.05) is 17.8 Å².